The lowest BCUT2D eigenvalue weighted by Gasteiger charge is -2.10. The van der Waals surface area contributed by atoms with E-state index < -0.39 is 44.3 Å². The molecule has 0 atom stereocenters. The van der Waals surface area contributed by atoms with Crippen molar-refractivity contribution in [1.82, 2.24) is 36.8 Å². The van der Waals surface area contributed by atoms with E-state index in [9.17, 15) is 25.3 Å². The summed E-state index contributed by atoms with van der Waals surface area (Å²) in [5, 5.41) is 50.6. The molecule has 0 radical (unpaired) electrons. The molecule has 0 aliphatic rings. The Labute approximate surface area is 766 Å². The Hall–Kier alpha value is -11.3. The van der Waals surface area contributed by atoms with Crippen molar-refractivity contribution < 1.29 is 64.3 Å². The molecule has 18 aromatic rings. The number of nitrogens with one attached hydrogen (secondary N) is 1. The minimum atomic E-state index is -3.86. The summed E-state index contributed by atoms with van der Waals surface area (Å²) < 4.78 is 107. The third-order valence-electron chi connectivity index (χ3n) is 19.6. The van der Waals surface area contributed by atoms with Gasteiger partial charge in [0, 0.05) is 108 Å². The van der Waals surface area contributed by atoms with Crippen LogP contribution in [0.25, 0.3) is 99.8 Å². The molecule has 0 unspecified atom stereocenters. The van der Waals surface area contributed by atoms with Crippen LogP contribution in [0.2, 0.25) is 10.0 Å². The SMILES string of the molecule is CCOc1ccccc1-c1c[nH]c2nccc(-c3ccsc3)c12.CCOc1ccccc1-c1cn(S(=O)(=O)c2ccc(C)cc2)c2nccc(-c3ccsc3)c12.CCOc1ccccc1-c1cn(S(=O)(=O)c2ccc(C)cc2)c2nccc(Cl)c12.CCOc1ccccc1B(O)O.Cc1ccc(S(=O)(=O)n2cc(I)c3c(Cl)ccnc32)cc1.OB(O)c1ccsc1. The Morgan fingerprint density at radius 3 is 1.17 bits per heavy atom. The first-order valence-electron chi connectivity index (χ1n) is 39.4. The zero-order valence-electron chi connectivity index (χ0n) is 68.9. The van der Waals surface area contributed by atoms with Gasteiger partial charge < -0.3 is 44.0 Å². The fourth-order valence-corrected chi connectivity index (χ4v) is 21.2. The van der Waals surface area contributed by atoms with Crippen molar-refractivity contribution in [1.29, 1.82) is 0 Å². The van der Waals surface area contributed by atoms with E-state index in [1.54, 1.807) is 173 Å². The molecule has 0 aliphatic carbocycles. The molecule has 5 N–H and O–H groups in total. The summed E-state index contributed by atoms with van der Waals surface area (Å²) in [4.78, 5) is 21.4. The lowest BCUT2D eigenvalue weighted by Crippen LogP contribution is -2.31. The standard InChI is InChI=1S/C26H22N2O3S2.C22H19ClN2O3S.C19H16N2OS.C14H10ClIN2O2S.C8H11BO3.C4H5BO2S/c1-3-31-24-7-5-4-6-22(24)23-16-28(33(29,30)20-10-8-18(2)9-11-20)26-25(23)21(12-14-27-26)19-13-15-32-17-19;1-3-28-20-7-5-4-6-17(20)18-14-25(22-21(18)19(23)12-13-24-22)29(26,27)16-10-8-15(2)9-11-16;1-2-22-17-6-4-3-5-15(17)16-11-21-19-18(16)14(7-9-20-19)13-8-10-23-12-13;1-9-2-4-10(5-3-9)21(19,20)18-8-12(16)13-11(15)6-7-17-14(13)18;1-2-12-8-6-4-3-5-7(8)9(10)11;6-5(7)4-1-2-8-3-4/h4-17H,3H2,1-2H3;4-14H,3H2,1-2H3;3-12H,2H2,1H3,(H,20,21);2-8H,1H3;3-6,10-11H,2H2,1H3;1-3,6-7H. The van der Waals surface area contributed by atoms with Crippen molar-refractivity contribution in [2.45, 2.75) is 63.2 Å². The molecule has 22 nitrogen and oxygen atoms in total. The van der Waals surface area contributed by atoms with Crippen LogP contribution in [0.4, 0.5) is 0 Å². The number of nitrogens with zero attached hydrogens (tertiary/aromatic N) is 7. The highest BCUT2D eigenvalue weighted by Gasteiger charge is 2.30. The molecule has 33 heteroatoms. The number of hydrogen-bond donors (Lipinski definition) is 5. The summed E-state index contributed by atoms with van der Waals surface area (Å²) in [6.07, 6.45) is 13.3. The fourth-order valence-electron chi connectivity index (χ4n) is 13.6. The Kier molecular flexibility index (Phi) is 30.7. The van der Waals surface area contributed by atoms with Crippen molar-refractivity contribution in [3.63, 3.8) is 0 Å². The van der Waals surface area contributed by atoms with Gasteiger partial charge in [0.25, 0.3) is 30.1 Å². The second-order valence-electron chi connectivity index (χ2n) is 27.8. The van der Waals surface area contributed by atoms with Gasteiger partial charge in [0.2, 0.25) is 0 Å². The molecule has 126 heavy (non-hydrogen) atoms. The maximum atomic E-state index is 13.7. The summed E-state index contributed by atoms with van der Waals surface area (Å²) in [5.74, 6) is 2.78. The Bertz CT molecular complexity index is 7130. The van der Waals surface area contributed by atoms with Gasteiger partial charge >= 0.3 is 14.2 Å². The van der Waals surface area contributed by atoms with E-state index in [1.807, 2.05) is 145 Å². The minimum absolute atomic E-state index is 0.186. The monoisotopic (exact) mass is 1950 g/mol. The molecule has 642 valence electrons. The van der Waals surface area contributed by atoms with Crippen LogP contribution in [0.15, 0.2) is 309 Å². The number of aryl methyl sites for hydroxylation is 3. The number of thiophene rings is 3. The molecule has 0 fully saturated rings. The van der Waals surface area contributed by atoms with Crippen molar-refractivity contribution >= 4 is 179 Å². The number of fused-ring (bicyclic) bond motifs is 4. The minimum Gasteiger partial charge on any atom is -0.494 e. The average Bonchev–Trinajstić information content (AvgIpc) is 1.55. The van der Waals surface area contributed by atoms with E-state index >= 15 is 0 Å². The first-order valence-corrected chi connectivity index (χ1v) is 48.3. The summed E-state index contributed by atoms with van der Waals surface area (Å²) >= 11 is 19.4. The molecule has 7 aromatic carbocycles. The van der Waals surface area contributed by atoms with Gasteiger partial charge in [-0.3, -0.25) is 0 Å². The molecule has 11 aromatic heterocycles. The van der Waals surface area contributed by atoms with Gasteiger partial charge in [0.1, 0.15) is 28.6 Å². The number of aromatic amines is 1. The van der Waals surface area contributed by atoms with E-state index in [0.29, 0.717) is 92.3 Å². The van der Waals surface area contributed by atoms with E-state index in [1.165, 1.54) is 46.8 Å². The number of hydrogen-bond acceptors (Lipinski definition) is 21. The number of halogens is 3. The molecule has 0 saturated carbocycles. The number of benzene rings is 7. The highest BCUT2D eigenvalue weighted by atomic mass is 127. The Morgan fingerprint density at radius 1 is 0.381 bits per heavy atom. The summed E-state index contributed by atoms with van der Waals surface area (Å²) in [7, 11) is -14.2. The van der Waals surface area contributed by atoms with Gasteiger partial charge in [0.05, 0.1) is 56.5 Å². The average molecular weight is 1950 g/mol. The van der Waals surface area contributed by atoms with Gasteiger partial charge in [-0.2, -0.15) is 34.0 Å². The van der Waals surface area contributed by atoms with Crippen LogP contribution >= 0.6 is 79.8 Å². The predicted molar refractivity (Wildman–Crippen MR) is 517 cm³/mol. The largest absolute Gasteiger partial charge is 0.494 e. The second-order valence-corrected chi connectivity index (χ2v) is 37.6. The molecule has 0 bridgehead atoms. The number of H-pyrrole nitrogens is 1. The number of pyridine rings is 4. The molecule has 0 saturated heterocycles. The Morgan fingerprint density at radius 2 is 0.746 bits per heavy atom. The van der Waals surface area contributed by atoms with Crippen LogP contribution < -0.4 is 29.9 Å². The van der Waals surface area contributed by atoms with E-state index in [-0.39, 0.29) is 20.3 Å². The summed E-state index contributed by atoms with van der Waals surface area (Å²) in [6.45, 7) is 15.6. The van der Waals surface area contributed by atoms with Gasteiger partial charge in [-0.05, 0) is 228 Å². The number of rotatable bonds is 21. The molecule has 0 amide bonds. The van der Waals surface area contributed by atoms with Crippen molar-refractivity contribution in [2.75, 3.05) is 26.4 Å². The number of para-hydroxylation sites is 4. The lowest BCUT2D eigenvalue weighted by atomic mass is 9.80. The first kappa shape index (κ1) is 92.4. The van der Waals surface area contributed by atoms with Crippen molar-refractivity contribution in [3.8, 4) is 78.6 Å². The molecular weight excluding hydrogens is 1860 g/mol. The topological polar surface area (TPSA) is 302 Å². The molecule has 11 heterocycles. The van der Waals surface area contributed by atoms with Gasteiger partial charge in [0.15, 0.2) is 16.9 Å². The van der Waals surface area contributed by atoms with Gasteiger partial charge in [-0.1, -0.05) is 155 Å². The number of aromatic nitrogens is 8. The van der Waals surface area contributed by atoms with Gasteiger partial charge in [-0.15, -0.1) is 0 Å². The maximum Gasteiger partial charge on any atom is 0.492 e. The first-order chi connectivity index (χ1) is 60.8. The normalized spacial score (nSPS) is 11.3. The lowest BCUT2D eigenvalue weighted by molar-refractivity contribution is 0.340. The molecule has 18 rings (SSSR count). The quantitative estimate of drug-likeness (QED) is 0.0330. The van der Waals surface area contributed by atoms with Crippen LogP contribution in [0, 0.1) is 24.3 Å². The smallest absolute Gasteiger partial charge is 0.492 e. The van der Waals surface area contributed by atoms with E-state index in [2.05, 4.69) is 81.9 Å². The predicted octanol–water partition coefficient (Wildman–Crippen LogP) is 20.1. The van der Waals surface area contributed by atoms with Crippen molar-refractivity contribution in [3.05, 3.63) is 324 Å². The highest BCUT2D eigenvalue weighted by molar-refractivity contribution is 14.1. The van der Waals surface area contributed by atoms with E-state index in [4.69, 9.17) is 62.2 Å². The molecular formula is C93H83B2Cl2IN8O14S6. The van der Waals surface area contributed by atoms with Crippen LogP contribution in [-0.4, -0.2) is 123 Å². The summed E-state index contributed by atoms with van der Waals surface area (Å²) in [6, 6.07) is 63.6. The summed E-state index contributed by atoms with van der Waals surface area (Å²) in [5.41, 5.74) is 15.4. The van der Waals surface area contributed by atoms with Gasteiger partial charge in [-0.25, -0.2) is 57.1 Å². The second kappa shape index (κ2) is 41.9. The van der Waals surface area contributed by atoms with E-state index in [0.717, 1.165) is 81.4 Å². The van der Waals surface area contributed by atoms with Crippen LogP contribution in [0.5, 0.6) is 23.0 Å². The maximum absolute atomic E-state index is 13.7. The number of ether oxygens (including phenoxy) is 4. The molecule has 0 aliphatic heterocycles. The fraction of sp³-hybridized carbons (Fsp3) is 0.118. The molecule has 0 spiro atoms. The zero-order chi connectivity index (χ0) is 89.4. The van der Waals surface area contributed by atoms with Crippen LogP contribution in [0.1, 0.15) is 44.4 Å². The Balaban J connectivity index is 0.000000135. The van der Waals surface area contributed by atoms with Crippen LogP contribution in [-0.2, 0) is 30.1 Å². The highest BCUT2D eigenvalue weighted by Crippen LogP contribution is 2.45. The van der Waals surface area contributed by atoms with Crippen molar-refractivity contribution in [2.24, 2.45) is 0 Å². The van der Waals surface area contributed by atoms with Crippen LogP contribution in [0.3, 0.4) is 0 Å². The zero-order valence-corrected chi connectivity index (χ0v) is 77.4. The third-order valence-corrected chi connectivity index (χ3v) is 28.1. The third kappa shape index (κ3) is 20.7.